The molecule has 16 heavy (non-hydrogen) atoms. The highest BCUT2D eigenvalue weighted by Crippen LogP contribution is 2.27. The molecular weight excluding hydrogens is 265 g/mol. The average molecular weight is 280 g/mol. The Morgan fingerprint density at radius 2 is 1.94 bits per heavy atom. The summed E-state index contributed by atoms with van der Waals surface area (Å²) in [5.74, 6) is 0.580. The van der Waals surface area contributed by atoms with Crippen molar-refractivity contribution in [2.24, 2.45) is 0 Å². The van der Waals surface area contributed by atoms with Crippen molar-refractivity contribution in [1.29, 1.82) is 0 Å². The van der Waals surface area contributed by atoms with Crippen LogP contribution in [0.4, 0.5) is 0 Å². The van der Waals surface area contributed by atoms with Gasteiger partial charge in [-0.15, -0.1) is 0 Å². The molecule has 1 rings (SSSR count). The summed E-state index contributed by atoms with van der Waals surface area (Å²) in [4.78, 5) is 0.558. The topological polar surface area (TPSA) is 29.1 Å². The molecule has 1 aromatic carbocycles. The van der Waals surface area contributed by atoms with Crippen LogP contribution in [0.25, 0.3) is 0 Å². The van der Waals surface area contributed by atoms with Gasteiger partial charge in [-0.3, -0.25) is 4.21 Å². The summed E-state index contributed by atoms with van der Waals surface area (Å²) >= 11 is 11.9. The highest BCUT2D eigenvalue weighted by Gasteiger charge is 2.12. The van der Waals surface area contributed by atoms with Crippen molar-refractivity contribution >= 4 is 34.0 Å². The lowest BCUT2D eigenvalue weighted by Gasteiger charge is -2.06. The van der Waals surface area contributed by atoms with Gasteiger partial charge < -0.3 is 5.32 Å². The molecule has 0 aliphatic carbocycles. The van der Waals surface area contributed by atoms with Crippen LogP contribution in [0.1, 0.15) is 13.3 Å². The summed E-state index contributed by atoms with van der Waals surface area (Å²) in [5, 5.41) is 4.15. The maximum Gasteiger partial charge on any atom is 0.0760 e. The van der Waals surface area contributed by atoms with Crippen molar-refractivity contribution in [3.8, 4) is 0 Å². The van der Waals surface area contributed by atoms with Crippen LogP contribution in [0.15, 0.2) is 23.1 Å². The van der Waals surface area contributed by atoms with Crippen LogP contribution >= 0.6 is 23.2 Å². The number of benzene rings is 1. The Hall–Kier alpha value is -0.0900. The van der Waals surface area contributed by atoms with Gasteiger partial charge in [-0.25, -0.2) is 0 Å². The molecular formula is C11H15Cl2NOS. The van der Waals surface area contributed by atoms with Crippen LogP contribution in [-0.2, 0) is 10.8 Å². The van der Waals surface area contributed by atoms with E-state index in [0.29, 0.717) is 20.7 Å². The number of hydrogen-bond acceptors (Lipinski definition) is 2. The number of rotatable bonds is 6. The summed E-state index contributed by atoms with van der Waals surface area (Å²) in [6.45, 7) is 3.84. The van der Waals surface area contributed by atoms with Crippen LogP contribution in [0.2, 0.25) is 10.0 Å². The van der Waals surface area contributed by atoms with Gasteiger partial charge in [0.05, 0.1) is 25.7 Å². The van der Waals surface area contributed by atoms with Crippen molar-refractivity contribution in [3.05, 3.63) is 28.2 Å². The fourth-order valence-corrected chi connectivity index (χ4v) is 3.40. The van der Waals surface area contributed by atoms with E-state index in [0.717, 1.165) is 19.5 Å². The molecule has 0 radical (unpaired) electrons. The molecule has 5 heteroatoms. The first-order chi connectivity index (χ1) is 7.66. The van der Waals surface area contributed by atoms with Crippen molar-refractivity contribution < 1.29 is 4.21 Å². The quantitative estimate of drug-likeness (QED) is 0.811. The average Bonchev–Trinajstić information content (AvgIpc) is 2.24. The van der Waals surface area contributed by atoms with Crippen LogP contribution in [0.5, 0.6) is 0 Å². The minimum absolute atomic E-state index is 0.481. The van der Waals surface area contributed by atoms with Gasteiger partial charge in [0.2, 0.25) is 0 Å². The summed E-state index contributed by atoms with van der Waals surface area (Å²) in [6.07, 6.45) is 0.849. The number of hydrogen-bond donors (Lipinski definition) is 1. The predicted molar refractivity (Wildman–Crippen MR) is 70.9 cm³/mol. The minimum atomic E-state index is -1.11. The molecule has 1 N–H and O–H groups in total. The van der Waals surface area contributed by atoms with Crippen LogP contribution in [0, 0.1) is 0 Å². The standard InChI is InChI=1S/C11H15Cl2NOS/c1-2-14-7-4-8-16(15)11-9(12)5-3-6-10(11)13/h3,5-6,14H,2,4,7-8H2,1H3. The lowest BCUT2D eigenvalue weighted by Crippen LogP contribution is -2.16. The van der Waals surface area contributed by atoms with E-state index in [1.807, 2.05) is 6.92 Å². The van der Waals surface area contributed by atoms with Crippen molar-refractivity contribution in [1.82, 2.24) is 5.32 Å². The molecule has 0 aliphatic rings. The maximum atomic E-state index is 12.0. The van der Waals surface area contributed by atoms with Crippen molar-refractivity contribution in [2.45, 2.75) is 18.2 Å². The van der Waals surface area contributed by atoms with Gasteiger partial charge in [-0.1, -0.05) is 36.2 Å². The SMILES string of the molecule is CCNCCCS(=O)c1c(Cl)cccc1Cl. The Morgan fingerprint density at radius 3 is 2.50 bits per heavy atom. The highest BCUT2D eigenvalue weighted by atomic mass is 35.5. The van der Waals surface area contributed by atoms with E-state index in [2.05, 4.69) is 5.32 Å². The molecule has 0 bridgehead atoms. The summed E-state index contributed by atoms with van der Waals surface area (Å²) in [6, 6.07) is 5.18. The minimum Gasteiger partial charge on any atom is -0.317 e. The Kier molecular flexibility index (Phi) is 6.36. The largest absolute Gasteiger partial charge is 0.317 e. The molecule has 0 aliphatic heterocycles. The van der Waals surface area contributed by atoms with E-state index in [-0.39, 0.29) is 0 Å². The van der Waals surface area contributed by atoms with E-state index in [4.69, 9.17) is 23.2 Å². The second-order valence-corrected chi connectivity index (χ2v) is 5.63. The third-order valence-corrected chi connectivity index (χ3v) is 4.49. The number of nitrogens with one attached hydrogen (secondary N) is 1. The van der Waals surface area contributed by atoms with E-state index in [1.54, 1.807) is 18.2 Å². The second-order valence-electron chi connectivity index (χ2n) is 3.31. The third-order valence-electron chi connectivity index (χ3n) is 2.08. The fraction of sp³-hybridized carbons (Fsp3) is 0.455. The summed E-state index contributed by atoms with van der Waals surface area (Å²) < 4.78 is 12.0. The normalized spacial score (nSPS) is 12.7. The van der Waals surface area contributed by atoms with Crippen molar-refractivity contribution in [3.63, 3.8) is 0 Å². The van der Waals surface area contributed by atoms with E-state index in [1.165, 1.54) is 0 Å². The predicted octanol–water partition coefficient (Wildman–Crippen LogP) is 3.10. The van der Waals surface area contributed by atoms with Crippen LogP contribution in [0.3, 0.4) is 0 Å². The molecule has 0 saturated heterocycles. The molecule has 0 heterocycles. The van der Waals surface area contributed by atoms with Gasteiger partial charge in [0.25, 0.3) is 0 Å². The molecule has 90 valence electrons. The molecule has 1 unspecified atom stereocenters. The zero-order chi connectivity index (χ0) is 12.0. The van der Waals surface area contributed by atoms with E-state index in [9.17, 15) is 4.21 Å². The molecule has 0 fully saturated rings. The van der Waals surface area contributed by atoms with E-state index < -0.39 is 10.8 Å². The Labute approximate surface area is 109 Å². The second kappa shape index (κ2) is 7.28. The molecule has 1 atom stereocenters. The maximum absolute atomic E-state index is 12.0. The van der Waals surface area contributed by atoms with Gasteiger partial charge in [-0.05, 0) is 31.6 Å². The van der Waals surface area contributed by atoms with Crippen molar-refractivity contribution in [2.75, 3.05) is 18.8 Å². The van der Waals surface area contributed by atoms with Gasteiger partial charge in [0.1, 0.15) is 0 Å². The smallest absolute Gasteiger partial charge is 0.0760 e. The molecule has 0 saturated carbocycles. The first kappa shape index (κ1) is 14.0. The zero-order valence-corrected chi connectivity index (χ0v) is 11.5. The Bertz CT molecular complexity index is 351. The first-order valence-electron chi connectivity index (χ1n) is 5.20. The molecule has 0 amide bonds. The number of halogens is 2. The zero-order valence-electron chi connectivity index (χ0n) is 9.13. The third kappa shape index (κ3) is 4.06. The molecule has 1 aromatic rings. The highest BCUT2D eigenvalue weighted by molar-refractivity contribution is 7.85. The van der Waals surface area contributed by atoms with Gasteiger partial charge >= 0.3 is 0 Å². The molecule has 2 nitrogen and oxygen atoms in total. The Balaban J connectivity index is 2.59. The lowest BCUT2D eigenvalue weighted by atomic mass is 10.4. The van der Waals surface area contributed by atoms with Gasteiger partial charge in [-0.2, -0.15) is 0 Å². The van der Waals surface area contributed by atoms with Gasteiger partial charge in [0.15, 0.2) is 0 Å². The fourth-order valence-electron chi connectivity index (χ4n) is 1.31. The van der Waals surface area contributed by atoms with E-state index >= 15 is 0 Å². The lowest BCUT2D eigenvalue weighted by molar-refractivity contribution is 0.670. The van der Waals surface area contributed by atoms with Crippen LogP contribution < -0.4 is 5.32 Å². The van der Waals surface area contributed by atoms with Gasteiger partial charge in [0, 0.05) is 5.75 Å². The molecule has 0 spiro atoms. The molecule has 0 aromatic heterocycles. The first-order valence-corrected chi connectivity index (χ1v) is 7.27. The summed E-state index contributed by atoms with van der Waals surface area (Å²) in [7, 11) is -1.11. The van der Waals surface area contributed by atoms with Crippen LogP contribution in [-0.4, -0.2) is 23.1 Å². The Morgan fingerprint density at radius 1 is 1.31 bits per heavy atom. The summed E-state index contributed by atoms with van der Waals surface area (Å²) in [5.41, 5.74) is 0. The monoisotopic (exact) mass is 279 g/mol.